The number of methoxy groups -OCH3 is 2. The molecule has 8 nitrogen and oxygen atoms in total. The average Bonchev–Trinajstić information content (AvgIpc) is 3.40. The third-order valence-electron chi connectivity index (χ3n) is 8.05. The number of carbonyl (C=O) groups excluding carboxylic acids is 1. The Balaban J connectivity index is 0.00000169. The summed E-state index contributed by atoms with van der Waals surface area (Å²) in [5, 5.41) is 14.3. The maximum atomic E-state index is 12.0. The highest BCUT2D eigenvalue weighted by Gasteiger charge is 2.35. The van der Waals surface area contributed by atoms with Crippen LogP contribution in [0.15, 0.2) is 72.8 Å². The van der Waals surface area contributed by atoms with Crippen LogP contribution in [0.1, 0.15) is 30.8 Å². The monoisotopic (exact) mass is 659 g/mol. The van der Waals surface area contributed by atoms with E-state index in [0.717, 1.165) is 31.3 Å². The highest BCUT2D eigenvalue weighted by molar-refractivity contribution is 7.59. The van der Waals surface area contributed by atoms with Crippen LogP contribution in [0.2, 0.25) is 0 Å². The Hall–Kier alpha value is -2.96. The number of carbonyl (C=O) groups is 1. The van der Waals surface area contributed by atoms with Gasteiger partial charge >= 0.3 is 5.97 Å². The van der Waals surface area contributed by atoms with Crippen molar-refractivity contribution in [1.29, 1.82) is 0 Å². The minimum Gasteiger partial charge on any atom is -0.497 e. The van der Waals surface area contributed by atoms with E-state index in [0.29, 0.717) is 41.3 Å². The summed E-state index contributed by atoms with van der Waals surface area (Å²) < 4.78 is 16.4. The van der Waals surface area contributed by atoms with E-state index in [1.807, 2.05) is 0 Å². The topological polar surface area (TPSA) is 87.3 Å². The zero-order valence-corrected chi connectivity index (χ0v) is 27.4. The van der Waals surface area contributed by atoms with Gasteiger partial charge in [0, 0.05) is 54.9 Å². The molecule has 2 N–H and O–H groups in total. The van der Waals surface area contributed by atoms with E-state index in [2.05, 4.69) is 69.4 Å². The molecule has 11 heteroatoms. The van der Waals surface area contributed by atoms with Crippen LogP contribution in [0.3, 0.4) is 0 Å². The lowest BCUT2D eigenvalue weighted by molar-refractivity contribution is 0.0408. The molecule has 0 aliphatic carbocycles. The number of ether oxygens (including phenoxy) is 3. The molecule has 3 aliphatic heterocycles. The number of anilines is 1. The van der Waals surface area contributed by atoms with Crippen LogP contribution < -0.4 is 14.4 Å². The molecular formula is C33H45N3O5S3. The van der Waals surface area contributed by atoms with E-state index in [9.17, 15) is 9.90 Å². The number of aliphatic hydroxyl groups excluding tert-OH is 1. The van der Waals surface area contributed by atoms with Crippen LogP contribution in [-0.2, 0) is 4.74 Å². The first-order valence-electron chi connectivity index (χ1n) is 13.8. The van der Waals surface area contributed by atoms with Crippen LogP contribution in [0.4, 0.5) is 5.69 Å². The summed E-state index contributed by atoms with van der Waals surface area (Å²) in [5.74, 6) is 0.677. The molecule has 1 fully saturated rings. The largest absolute Gasteiger partial charge is 0.497 e. The van der Waals surface area contributed by atoms with Crippen LogP contribution in [-0.4, -0.2) is 79.6 Å². The van der Waals surface area contributed by atoms with E-state index in [-0.39, 0.29) is 54.5 Å². The third-order valence-corrected chi connectivity index (χ3v) is 8.05. The van der Waals surface area contributed by atoms with Crippen molar-refractivity contribution >= 4 is 73.8 Å². The first kappa shape index (κ1) is 37.2. The molecule has 3 aromatic carbocycles. The number of benzene rings is 3. The fourth-order valence-corrected chi connectivity index (χ4v) is 5.98. The van der Waals surface area contributed by atoms with Gasteiger partial charge in [0.05, 0.1) is 19.7 Å². The van der Waals surface area contributed by atoms with Crippen LogP contribution in [0, 0.1) is 0 Å². The molecule has 44 heavy (non-hydrogen) atoms. The minimum atomic E-state index is -0.681. The lowest BCUT2D eigenvalue weighted by Gasteiger charge is -2.48. The van der Waals surface area contributed by atoms with Crippen molar-refractivity contribution in [3.8, 4) is 11.5 Å². The summed E-state index contributed by atoms with van der Waals surface area (Å²) in [4.78, 5) is 20.0. The summed E-state index contributed by atoms with van der Waals surface area (Å²) in [7, 11) is 2.92. The number of nitrogens with one attached hydrogen (secondary N) is 1. The highest BCUT2D eigenvalue weighted by Crippen LogP contribution is 2.33. The molecule has 240 valence electrons. The van der Waals surface area contributed by atoms with Gasteiger partial charge in [0.2, 0.25) is 0 Å². The lowest BCUT2D eigenvalue weighted by Crippen LogP contribution is -2.60. The predicted octanol–water partition coefficient (Wildman–Crippen LogP) is 5.74. The number of nitrogens with zero attached hydrogens (tertiary/aromatic N) is 2. The van der Waals surface area contributed by atoms with Crippen LogP contribution >= 0.6 is 40.5 Å². The molecular weight excluding hydrogens is 615 g/mol. The second kappa shape index (κ2) is 16.4. The highest BCUT2D eigenvalue weighted by atomic mass is 32.1. The van der Waals surface area contributed by atoms with Gasteiger partial charge in [-0.3, -0.25) is 4.90 Å². The number of aliphatic hydroxyl groups is 1. The van der Waals surface area contributed by atoms with E-state index in [1.54, 1.807) is 25.3 Å². The van der Waals surface area contributed by atoms with Gasteiger partial charge in [-0.1, -0.05) is 49.9 Å². The molecule has 0 amide bonds. The maximum Gasteiger partial charge on any atom is 0.354 e. The predicted molar refractivity (Wildman–Crippen MR) is 194 cm³/mol. The van der Waals surface area contributed by atoms with Crippen molar-refractivity contribution in [2.45, 2.75) is 38.5 Å². The molecule has 1 aromatic heterocycles. The van der Waals surface area contributed by atoms with Gasteiger partial charge in [-0.2, -0.15) is 40.5 Å². The van der Waals surface area contributed by atoms with Gasteiger partial charge in [0.25, 0.3) is 0 Å². The summed E-state index contributed by atoms with van der Waals surface area (Å²) >= 11 is 0. The molecule has 2 bridgehead atoms. The number of aromatic nitrogens is 1. The zero-order valence-electron chi connectivity index (χ0n) is 24.4. The van der Waals surface area contributed by atoms with Crippen molar-refractivity contribution in [2.24, 2.45) is 0 Å². The quantitative estimate of drug-likeness (QED) is 0.184. The number of piperazine rings is 1. The van der Waals surface area contributed by atoms with Crippen LogP contribution in [0.25, 0.3) is 21.7 Å². The first-order valence-corrected chi connectivity index (χ1v) is 13.8. The normalized spacial score (nSPS) is 18.8. The number of fused-ring (bicyclic) bond motifs is 6. The van der Waals surface area contributed by atoms with Crippen molar-refractivity contribution < 1.29 is 24.1 Å². The summed E-state index contributed by atoms with van der Waals surface area (Å²) in [5.41, 5.74) is 2.29. The number of rotatable bonds is 8. The summed E-state index contributed by atoms with van der Waals surface area (Å²) in [6.45, 7) is 2.44. The first-order chi connectivity index (χ1) is 19.5. The Labute approximate surface area is 280 Å². The molecule has 1 saturated heterocycles. The van der Waals surface area contributed by atoms with E-state index < -0.39 is 12.1 Å². The fourth-order valence-electron chi connectivity index (χ4n) is 5.98. The Morgan fingerprint density at radius 2 is 1.68 bits per heavy atom. The molecule has 4 heterocycles. The van der Waals surface area contributed by atoms with Gasteiger partial charge in [0.15, 0.2) is 0 Å². The Kier molecular flexibility index (Phi) is 13.9. The van der Waals surface area contributed by atoms with Crippen LogP contribution in [0.5, 0.6) is 11.5 Å². The van der Waals surface area contributed by atoms with Gasteiger partial charge < -0.3 is 29.2 Å². The van der Waals surface area contributed by atoms with E-state index in [4.69, 9.17) is 14.2 Å². The smallest absolute Gasteiger partial charge is 0.354 e. The molecule has 0 spiro atoms. The second-order valence-electron chi connectivity index (χ2n) is 10.6. The zero-order chi connectivity index (χ0) is 27.6. The van der Waals surface area contributed by atoms with Crippen molar-refractivity contribution in [3.05, 3.63) is 78.5 Å². The van der Waals surface area contributed by atoms with Gasteiger partial charge in [0.1, 0.15) is 29.9 Å². The molecule has 3 aliphatic rings. The average molecular weight is 660 g/mol. The molecule has 3 atom stereocenters. The van der Waals surface area contributed by atoms with Gasteiger partial charge in [-0.05, 0) is 41.8 Å². The molecule has 4 aromatic rings. The molecule has 0 unspecified atom stereocenters. The lowest BCUT2D eigenvalue weighted by atomic mass is 9.96. The van der Waals surface area contributed by atoms with E-state index in [1.165, 1.54) is 23.6 Å². The van der Waals surface area contributed by atoms with Gasteiger partial charge in [-0.15, -0.1) is 0 Å². The minimum absolute atomic E-state index is 0. The molecule has 0 saturated carbocycles. The summed E-state index contributed by atoms with van der Waals surface area (Å²) in [6.07, 6.45) is 5.82. The maximum absolute atomic E-state index is 12.0. The Bertz CT molecular complexity index is 1560. The second-order valence-corrected chi connectivity index (χ2v) is 10.6. The van der Waals surface area contributed by atoms with Crippen molar-refractivity contribution in [2.75, 3.05) is 45.4 Å². The van der Waals surface area contributed by atoms with Crippen molar-refractivity contribution in [3.63, 3.8) is 0 Å². The molecule has 7 rings (SSSR count). The van der Waals surface area contributed by atoms with Crippen molar-refractivity contribution in [1.82, 2.24) is 9.88 Å². The van der Waals surface area contributed by atoms with E-state index >= 15 is 0 Å². The number of aromatic amines is 1. The fraction of sp³-hybridized carbons (Fsp3) is 0.364. The Morgan fingerprint density at radius 3 is 2.41 bits per heavy atom. The Morgan fingerprint density at radius 1 is 0.955 bits per heavy atom. The number of hydrogen-bond donors (Lipinski definition) is 2. The third kappa shape index (κ3) is 7.81. The number of H-pyrrole nitrogens is 1. The SMILES string of the molecule is C.COC(=O)c1cc2c(OC[C@@H](O)CN3C[C@@H]4C/C=C\C[C@H]3CN4c3ccc4ccccc4c3)cc(OC)cc2[nH]1.S.S.S. The number of esters is 1. The summed E-state index contributed by atoms with van der Waals surface area (Å²) in [6, 6.07) is 21.1. The van der Waals surface area contributed by atoms with Gasteiger partial charge in [-0.25, -0.2) is 4.79 Å². The number of hydrogen-bond acceptors (Lipinski definition) is 7. The standard InChI is InChI=1S/C32H35N3O5.CH4.3H2S/c1-38-27-14-29-28(16-30(33-29)32(37)39-2)31(15-27)40-20-26(36)19-34-17-25-10-6-5-9-24(34)18-35(25)23-12-11-21-7-3-4-8-22(21)13-23;;;;/h3-8,11-16,24-26,33,36H,9-10,17-20H2,1-2H3;1H4;3*1H2/b6-5-;;;;/t24-,25-,26-;;;;/m0..../s1. The molecule has 0 radical (unpaired) electrons.